The topological polar surface area (TPSA) is 41.5 Å². The Hall–Kier alpha value is -0.120. The van der Waals surface area contributed by atoms with Gasteiger partial charge in [0.2, 0.25) is 0 Å². The zero-order chi connectivity index (χ0) is 7.40. The van der Waals surface area contributed by atoms with Crippen LogP contribution in [0.25, 0.3) is 0 Å². The molecule has 0 aromatic heterocycles. The second kappa shape index (κ2) is 3.91. The maximum absolute atomic E-state index is 9.38. The van der Waals surface area contributed by atoms with Crippen LogP contribution in [0.15, 0.2) is 0 Å². The first kappa shape index (κ1) is 7.98. The summed E-state index contributed by atoms with van der Waals surface area (Å²) in [6.45, 7) is 2.43. The van der Waals surface area contributed by atoms with Gasteiger partial charge in [-0.25, -0.2) is 0 Å². The number of aliphatic hydroxyl groups is 1. The van der Waals surface area contributed by atoms with Crippen LogP contribution >= 0.6 is 0 Å². The van der Waals surface area contributed by atoms with Crippen molar-refractivity contribution in [1.82, 2.24) is 5.32 Å². The molecule has 0 radical (unpaired) electrons. The van der Waals surface area contributed by atoms with Gasteiger partial charge in [-0.1, -0.05) is 0 Å². The maximum Gasteiger partial charge on any atom is 0.0814 e. The molecule has 1 rings (SSSR count). The van der Waals surface area contributed by atoms with E-state index in [0.717, 1.165) is 19.5 Å². The Morgan fingerprint density at radius 1 is 1.80 bits per heavy atom. The number of nitrogens with one attached hydrogen (secondary N) is 1. The summed E-state index contributed by atoms with van der Waals surface area (Å²) in [7, 11) is 1.62. The molecule has 0 aromatic rings. The highest BCUT2D eigenvalue weighted by Crippen LogP contribution is 2.12. The average molecular weight is 145 g/mol. The monoisotopic (exact) mass is 145 g/mol. The largest absolute Gasteiger partial charge is 0.390 e. The molecular formula is C7H15NO2. The van der Waals surface area contributed by atoms with Crippen molar-refractivity contribution < 1.29 is 9.84 Å². The van der Waals surface area contributed by atoms with E-state index in [1.807, 2.05) is 0 Å². The van der Waals surface area contributed by atoms with E-state index in [1.165, 1.54) is 0 Å². The van der Waals surface area contributed by atoms with E-state index >= 15 is 0 Å². The Morgan fingerprint density at radius 3 is 3.10 bits per heavy atom. The lowest BCUT2D eigenvalue weighted by molar-refractivity contribution is 0.0309. The number of hydrogen-bond acceptors (Lipinski definition) is 3. The summed E-state index contributed by atoms with van der Waals surface area (Å²) in [6, 6.07) is 0. The minimum atomic E-state index is -0.278. The number of ether oxygens (including phenoxy) is 1. The van der Waals surface area contributed by atoms with E-state index in [9.17, 15) is 5.11 Å². The molecule has 60 valence electrons. The predicted octanol–water partition coefficient (Wildman–Crippen LogP) is -0.397. The van der Waals surface area contributed by atoms with E-state index in [2.05, 4.69) is 5.32 Å². The fraction of sp³-hybridized carbons (Fsp3) is 1.00. The van der Waals surface area contributed by atoms with Gasteiger partial charge >= 0.3 is 0 Å². The van der Waals surface area contributed by atoms with Gasteiger partial charge in [-0.2, -0.15) is 0 Å². The molecule has 2 N–H and O–H groups in total. The molecule has 1 heterocycles. The average Bonchev–Trinajstić information content (AvgIpc) is 2.38. The lowest BCUT2D eigenvalue weighted by Crippen LogP contribution is -2.26. The number of hydrogen-bond donors (Lipinski definition) is 2. The molecule has 1 aliphatic heterocycles. The van der Waals surface area contributed by atoms with E-state index in [1.54, 1.807) is 7.11 Å². The van der Waals surface area contributed by atoms with Crippen molar-refractivity contribution in [3.8, 4) is 0 Å². The normalized spacial score (nSPS) is 28.8. The van der Waals surface area contributed by atoms with Gasteiger partial charge in [0.05, 0.1) is 12.7 Å². The number of aliphatic hydroxyl groups excluding tert-OH is 1. The van der Waals surface area contributed by atoms with Crippen LogP contribution in [0.2, 0.25) is 0 Å². The molecule has 1 unspecified atom stereocenters. The minimum absolute atomic E-state index is 0.278. The van der Waals surface area contributed by atoms with Gasteiger partial charge < -0.3 is 15.2 Å². The zero-order valence-electron chi connectivity index (χ0n) is 6.34. The highest BCUT2D eigenvalue weighted by atomic mass is 16.5. The molecule has 0 aliphatic carbocycles. The summed E-state index contributed by atoms with van der Waals surface area (Å²) in [5.74, 6) is 0.403. The van der Waals surface area contributed by atoms with Gasteiger partial charge in [-0.15, -0.1) is 0 Å². The summed E-state index contributed by atoms with van der Waals surface area (Å²) in [5, 5.41) is 12.6. The molecule has 0 spiro atoms. The predicted molar refractivity (Wildman–Crippen MR) is 38.9 cm³/mol. The van der Waals surface area contributed by atoms with Gasteiger partial charge in [-0.3, -0.25) is 0 Å². The van der Waals surface area contributed by atoms with Crippen molar-refractivity contribution >= 4 is 0 Å². The smallest absolute Gasteiger partial charge is 0.0814 e. The molecular weight excluding hydrogens is 130 g/mol. The van der Waals surface area contributed by atoms with Crippen LogP contribution in [0.3, 0.4) is 0 Å². The first-order valence-corrected chi connectivity index (χ1v) is 3.72. The Kier molecular flexibility index (Phi) is 3.12. The fourth-order valence-electron chi connectivity index (χ4n) is 1.31. The van der Waals surface area contributed by atoms with E-state index in [-0.39, 0.29) is 6.10 Å². The van der Waals surface area contributed by atoms with Crippen molar-refractivity contribution in [3.63, 3.8) is 0 Å². The van der Waals surface area contributed by atoms with Crippen molar-refractivity contribution in [2.45, 2.75) is 12.5 Å². The Bertz CT molecular complexity index is 91.6. The van der Waals surface area contributed by atoms with Crippen molar-refractivity contribution in [2.75, 3.05) is 26.8 Å². The van der Waals surface area contributed by atoms with Crippen LogP contribution in [0, 0.1) is 5.92 Å². The first-order valence-electron chi connectivity index (χ1n) is 3.72. The molecule has 2 atom stereocenters. The summed E-state index contributed by atoms with van der Waals surface area (Å²) in [4.78, 5) is 0. The highest BCUT2D eigenvalue weighted by Gasteiger charge is 2.22. The lowest BCUT2D eigenvalue weighted by atomic mass is 10.0. The molecule has 0 amide bonds. The number of rotatable bonds is 3. The van der Waals surface area contributed by atoms with Crippen molar-refractivity contribution in [1.29, 1.82) is 0 Å². The van der Waals surface area contributed by atoms with E-state index in [4.69, 9.17) is 4.74 Å². The second-order valence-corrected chi connectivity index (χ2v) is 2.78. The number of methoxy groups -OCH3 is 1. The minimum Gasteiger partial charge on any atom is -0.390 e. The maximum atomic E-state index is 9.38. The van der Waals surface area contributed by atoms with Crippen LogP contribution < -0.4 is 5.32 Å². The van der Waals surface area contributed by atoms with Crippen LogP contribution in [-0.4, -0.2) is 38.0 Å². The van der Waals surface area contributed by atoms with Crippen molar-refractivity contribution in [2.24, 2.45) is 5.92 Å². The Balaban J connectivity index is 2.18. The van der Waals surface area contributed by atoms with Crippen LogP contribution in [-0.2, 0) is 4.74 Å². The first-order chi connectivity index (χ1) is 4.84. The van der Waals surface area contributed by atoms with Gasteiger partial charge in [0.25, 0.3) is 0 Å². The van der Waals surface area contributed by atoms with Crippen LogP contribution in [0.4, 0.5) is 0 Å². The molecule has 1 saturated heterocycles. The summed E-state index contributed by atoms with van der Waals surface area (Å²) in [5.41, 5.74) is 0. The van der Waals surface area contributed by atoms with Crippen LogP contribution in [0.1, 0.15) is 6.42 Å². The summed E-state index contributed by atoms with van der Waals surface area (Å²) in [6.07, 6.45) is 0.796. The molecule has 0 aromatic carbocycles. The van der Waals surface area contributed by atoms with Gasteiger partial charge in [0.15, 0.2) is 0 Å². The summed E-state index contributed by atoms with van der Waals surface area (Å²) >= 11 is 0. The zero-order valence-corrected chi connectivity index (χ0v) is 6.34. The summed E-state index contributed by atoms with van der Waals surface area (Å²) < 4.78 is 4.84. The SMILES string of the molecule is COCC(O)[C@@H]1CCNC1. The fourth-order valence-corrected chi connectivity index (χ4v) is 1.31. The standard InChI is InChI=1S/C7H15NO2/c1-10-5-7(9)6-2-3-8-4-6/h6-9H,2-5H2,1H3/t6-,7?/m1/s1. The highest BCUT2D eigenvalue weighted by molar-refractivity contribution is 4.77. The quantitative estimate of drug-likeness (QED) is 0.568. The van der Waals surface area contributed by atoms with E-state index < -0.39 is 0 Å². The third kappa shape index (κ3) is 1.94. The molecule has 0 bridgehead atoms. The van der Waals surface area contributed by atoms with Crippen molar-refractivity contribution in [3.05, 3.63) is 0 Å². The third-order valence-electron chi connectivity index (χ3n) is 1.98. The van der Waals surface area contributed by atoms with Gasteiger partial charge in [0.1, 0.15) is 0 Å². The lowest BCUT2D eigenvalue weighted by Gasteiger charge is -2.15. The third-order valence-corrected chi connectivity index (χ3v) is 1.98. The van der Waals surface area contributed by atoms with Gasteiger partial charge in [-0.05, 0) is 13.0 Å². The molecule has 10 heavy (non-hydrogen) atoms. The molecule has 3 heteroatoms. The Labute approximate surface area is 61.4 Å². The van der Waals surface area contributed by atoms with Gasteiger partial charge in [0, 0.05) is 19.6 Å². The molecule has 3 nitrogen and oxygen atoms in total. The van der Waals surface area contributed by atoms with E-state index in [0.29, 0.717) is 12.5 Å². The second-order valence-electron chi connectivity index (χ2n) is 2.78. The Morgan fingerprint density at radius 2 is 2.60 bits per heavy atom. The van der Waals surface area contributed by atoms with Crippen LogP contribution in [0.5, 0.6) is 0 Å². The molecule has 0 saturated carbocycles. The molecule has 1 aliphatic rings. The molecule has 1 fully saturated rings.